The summed E-state index contributed by atoms with van der Waals surface area (Å²) in [4.78, 5) is 2.59. The highest BCUT2D eigenvalue weighted by Gasteiger charge is 2.33. The van der Waals surface area contributed by atoms with Crippen LogP contribution in [0, 0.1) is 12.8 Å². The molecule has 122 valence electrons. The fourth-order valence-electron chi connectivity index (χ4n) is 3.31. The monoisotopic (exact) mass is 336 g/mol. The largest absolute Gasteiger partial charge is 0.465 e. The number of hydrogen-bond acceptors (Lipinski definition) is 4. The topological polar surface area (TPSA) is 37.6 Å². The van der Waals surface area contributed by atoms with E-state index >= 15 is 0 Å². The summed E-state index contributed by atoms with van der Waals surface area (Å²) in [5, 5.41) is 3.43. The van der Waals surface area contributed by atoms with E-state index in [1.165, 1.54) is 0 Å². The number of ether oxygens (including phenoxy) is 1. The van der Waals surface area contributed by atoms with Crippen LogP contribution < -0.4 is 5.32 Å². The summed E-state index contributed by atoms with van der Waals surface area (Å²) in [7, 11) is 0. The maximum Gasteiger partial charge on any atom is 0.121 e. The first kappa shape index (κ1) is 18.8. The van der Waals surface area contributed by atoms with Crippen molar-refractivity contribution in [3.63, 3.8) is 0 Å². The second kappa shape index (κ2) is 9.01. The molecule has 1 aromatic heterocycles. The molecule has 2 saturated heterocycles. The SMILES string of the molecule is Cc1ccc([C@@H](C2CCOCC2)N2CCNCC2)o1.Cl.Cl. The van der Waals surface area contributed by atoms with Crippen molar-refractivity contribution in [1.82, 2.24) is 10.2 Å². The number of hydrogen-bond donors (Lipinski definition) is 1. The van der Waals surface area contributed by atoms with Crippen LogP contribution in [-0.4, -0.2) is 44.3 Å². The highest BCUT2D eigenvalue weighted by atomic mass is 35.5. The van der Waals surface area contributed by atoms with Gasteiger partial charge < -0.3 is 14.5 Å². The summed E-state index contributed by atoms with van der Waals surface area (Å²) < 4.78 is 11.5. The van der Waals surface area contributed by atoms with Crippen LogP contribution in [0.3, 0.4) is 0 Å². The van der Waals surface area contributed by atoms with Crippen molar-refractivity contribution in [2.75, 3.05) is 39.4 Å². The van der Waals surface area contributed by atoms with E-state index in [-0.39, 0.29) is 24.8 Å². The molecule has 2 aliphatic rings. The molecule has 0 aromatic carbocycles. The lowest BCUT2D eigenvalue weighted by molar-refractivity contribution is 0.0146. The van der Waals surface area contributed by atoms with Gasteiger partial charge in [-0.25, -0.2) is 0 Å². The van der Waals surface area contributed by atoms with Gasteiger partial charge in [0.2, 0.25) is 0 Å². The number of nitrogens with zero attached hydrogens (tertiary/aromatic N) is 1. The van der Waals surface area contributed by atoms with Crippen molar-refractivity contribution in [3.05, 3.63) is 23.7 Å². The molecule has 0 spiro atoms. The molecular formula is C15H26Cl2N2O2. The Morgan fingerprint density at radius 2 is 1.81 bits per heavy atom. The Labute approximate surface area is 139 Å². The Hall–Kier alpha value is -0.260. The van der Waals surface area contributed by atoms with Gasteiger partial charge in [-0.05, 0) is 37.8 Å². The maximum atomic E-state index is 5.95. The molecule has 1 atom stereocenters. The molecule has 0 amide bonds. The maximum absolute atomic E-state index is 5.95. The van der Waals surface area contributed by atoms with Gasteiger partial charge in [-0.1, -0.05) is 0 Å². The van der Waals surface area contributed by atoms with E-state index in [1.807, 2.05) is 6.92 Å². The molecule has 4 nitrogen and oxygen atoms in total. The zero-order valence-electron chi connectivity index (χ0n) is 12.5. The number of aryl methyl sites for hydroxylation is 1. The summed E-state index contributed by atoms with van der Waals surface area (Å²) in [6, 6.07) is 4.68. The molecule has 0 unspecified atom stereocenters. The van der Waals surface area contributed by atoms with Crippen molar-refractivity contribution in [2.45, 2.75) is 25.8 Å². The fraction of sp³-hybridized carbons (Fsp3) is 0.733. The van der Waals surface area contributed by atoms with E-state index in [0.717, 1.165) is 63.8 Å². The van der Waals surface area contributed by atoms with Gasteiger partial charge in [0.1, 0.15) is 11.5 Å². The highest BCUT2D eigenvalue weighted by Crippen LogP contribution is 2.36. The second-order valence-electron chi connectivity index (χ2n) is 5.63. The molecule has 0 saturated carbocycles. The quantitative estimate of drug-likeness (QED) is 0.920. The molecule has 0 radical (unpaired) electrons. The predicted molar refractivity (Wildman–Crippen MR) is 88.7 cm³/mol. The lowest BCUT2D eigenvalue weighted by Gasteiger charge is -2.39. The van der Waals surface area contributed by atoms with E-state index in [1.54, 1.807) is 0 Å². The van der Waals surface area contributed by atoms with Crippen molar-refractivity contribution in [1.29, 1.82) is 0 Å². The summed E-state index contributed by atoms with van der Waals surface area (Å²) in [5.74, 6) is 2.82. The fourth-order valence-corrected chi connectivity index (χ4v) is 3.31. The standard InChI is InChI=1S/C15H24N2O2.2ClH/c1-12-2-3-14(19-12)15(13-4-10-18-11-5-13)17-8-6-16-7-9-17;;/h2-3,13,15-16H,4-11H2,1H3;2*1H/t15-;;/m1../s1. The Morgan fingerprint density at radius 1 is 1.14 bits per heavy atom. The molecule has 2 aliphatic heterocycles. The summed E-state index contributed by atoms with van der Waals surface area (Å²) in [5.41, 5.74) is 0. The number of halogens is 2. The smallest absolute Gasteiger partial charge is 0.121 e. The normalized spacial score (nSPS) is 22.1. The molecule has 2 fully saturated rings. The van der Waals surface area contributed by atoms with Crippen LogP contribution in [0.1, 0.15) is 30.4 Å². The number of piperazine rings is 1. The zero-order chi connectivity index (χ0) is 13.1. The molecule has 6 heteroatoms. The van der Waals surface area contributed by atoms with Crippen molar-refractivity contribution in [3.8, 4) is 0 Å². The first-order valence-electron chi connectivity index (χ1n) is 7.43. The number of rotatable bonds is 3. The third-order valence-corrected chi connectivity index (χ3v) is 4.31. The highest BCUT2D eigenvalue weighted by molar-refractivity contribution is 5.85. The van der Waals surface area contributed by atoms with Gasteiger partial charge in [0, 0.05) is 39.4 Å². The average molecular weight is 337 g/mol. The van der Waals surface area contributed by atoms with Gasteiger partial charge in [0.05, 0.1) is 6.04 Å². The van der Waals surface area contributed by atoms with E-state index in [4.69, 9.17) is 9.15 Å². The van der Waals surface area contributed by atoms with Crippen molar-refractivity contribution < 1.29 is 9.15 Å². The second-order valence-corrected chi connectivity index (χ2v) is 5.63. The van der Waals surface area contributed by atoms with Crippen LogP contribution in [0.25, 0.3) is 0 Å². The molecule has 0 bridgehead atoms. The Kier molecular flexibility index (Phi) is 8.06. The van der Waals surface area contributed by atoms with Gasteiger partial charge in [-0.3, -0.25) is 4.90 Å². The van der Waals surface area contributed by atoms with Crippen LogP contribution in [0.5, 0.6) is 0 Å². The molecule has 1 N–H and O–H groups in total. The molecular weight excluding hydrogens is 311 g/mol. The van der Waals surface area contributed by atoms with Crippen LogP contribution in [0.2, 0.25) is 0 Å². The molecule has 3 rings (SSSR count). The van der Waals surface area contributed by atoms with Gasteiger partial charge >= 0.3 is 0 Å². The van der Waals surface area contributed by atoms with Gasteiger partial charge in [-0.15, -0.1) is 24.8 Å². The molecule has 1 aromatic rings. The Balaban J connectivity index is 0.00000110. The van der Waals surface area contributed by atoms with E-state index in [2.05, 4.69) is 22.3 Å². The third kappa shape index (κ3) is 4.60. The number of furan rings is 1. The van der Waals surface area contributed by atoms with Crippen LogP contribution in [0.4, 0.5) is 0 Å². The number of nitrogens with one attached hydrogen (secondary N) is 1. The minimum atomic E-state index is 0. The van der Waals surface area contributed by atoms with Crippen LogP contribution >= 0.6 is 24.8 Å². The summed E-state index contributed by atoms with van der Waals surface area (Å²) in [6.45, 7) is 8.21. The molecule has 21 heavy (non-hydrogen) atoms. The van der Waals surface area contributed by atoms with Crippen LogP contribution in [-0.2, 0) is 4.74 Å². The third-order valence-electron chi connectivity index (χ3n) is 4.31. The molecule has 0 aliphatic carbocycles. The van der Waals surface area contributed by atoms with Crippen molar-refractivity contribution in [2.24, 2.45) is 5.92 Å². The van der Waals surface area contributed by atoms with Crippen LogP contribution in [0.15, 0.2) is 16.5 Å². The van der Waals surface area contributed by atoms with Gasteiger partial charge in [0.15, 0.2) is 0 Å². The van der Waals surface area contributed by atoms with Gasteiger partial charge in [0.25, 0.3) is 0 Å². The predicted octanol–water partition coefficient (Wildman–Crippen LogP) is 2.80. The minimum absolute atomic E-state index is 0. The zero-order valence-corrected chi connectivity index (χ0v) is 14.2. The van der Waals surface area contributed by atoms with E-state index in [9.17, 15) is 0 Å². The molecule has 3 heterocycles. The lowest BCUT2D eigenvalue weighted by atomic mass is 9.88. The summed E-state index contributed by atoms with van der Waals surface area (Å²) >= 11 is 0. The Morgan fingerprint density at radius 3 is 2.38 bits per heavy atom. The van der Waals surface area contributed by atoms with Gasteiger partial charge in [-0.2, -0.15) is 0 Å². The van der Waals surface area contributed by atoms with E-state index in [0.29, 0.717) is 12.0 Å². The first-order chi connectivity index (χ1) is 9.34. The van der Waals surface area contributed by atoms with Crippen molar-refractivity contribution >= 4 is 24.8 Å². The minimum Gasteiger partial charge on any atom is -0.465 e. The Bertz CT molecular complexity index is 384. The first-order valence-corrected chi connectivity index (χ1v) is 7.43. The average Bonchev–Trinajstić information content (AvgIpc) is 2.88. The summed E-state index contributed by atoms with van der Waals surface area (Å²) in [6.07, 6.45) is 2.29. The van der Waals surface area contributed by atoms with E-state index < -0.39 is 0 Å². The lowest BCUT2D eigenvalue weighted by Crippen LogP contribution is -2.47.